The lowest BCUT2D eigenvalue weighted by atomic mass is 10.2. The zero-order chi connectivity index (χ0) is 22.0. The molecule has 0 radical (unpaired) electrons. The summed E-state index contributed by atoms with van der Waals surface area (Å²) in [6.45, 7) is 0.914. The van der Waals surface area contributed by atoms with Crippen molar-refractivity contribution >= 4 is 12.0 Å². The van der Waals surface area contributed by atoms with Crippen molar-refractivity contribution in [3.63, 3.8) is 0 Å². The first-order valence-electron chi connectivity index (χ1n) is 9.19. The van der Waals surface area contributed by atoms with Crippen LogP contribution in [-0.4, -0.2) is 68.7 Å². The first kappa shape index (κ1) is 21.2. The highest BCUT2D eigenvalue weighted by molar-refractivity contribution is 5.94. The lowest BCUT2D eigenvalue weighted by molar-refractivity contribution is 0.0941. The molecule has 3 N–H and O–H groups in total. The molecule has 11 heteroatoms. The summed E-state index contributed by atoms with van der Waals surface area (Å²) in [5.41, 5.74) is -0.687. The van der Waals surface area contributed by atoms with Crippen LogP contribution < -0.4 is 10.9 Å². The van der Waals surface area contributed by atoms with Gasteiger partial charge in [0.25, 0.3) is 11.5 Å². The number of nitrogens with zero attached hydrogens (tertiary/aromatic N) is 4. The van der Waals surface area contributed by atoms with Gasteiger partial charge in [0.1, 0.15) is 17.7 Å². The molecule has 1 unspecified atom stereocenters. The maximum atomic E-state index is 13.0. The molecule has 1 aromatic carbocycles. The van der Waals surface area contributed by atoms with Gasteiger partial charge in [-0.15, -0.1) is 0 Å². The van der Waals surface area contributed by atoms with E-state index < -0.39 is 40.9 Å². The van der Waals surface area contributed by atoms with E-state index in [2.05, 4.69) is 10.3 Å². The van der Waals surface area contributed by atoms with Crippen LogP contribution in [0.4, 0.5) is 9.18 Å². The van der Waals surface area contributed by atoms with Gasteiger partial charge < -0.3 is 20.4 Å². The zero-order valence-corrected chi connectivity index (χ0v) is 16.5. The van der Waals surface area contributed by atoms with Crippen LogP contribution in [0.25, 0.3) is 0 Å². The third-order valence-electron chi connectivity index (χ3n) is 5.01. The number of likely N-dealkylation sites (N-methyl/N-ethyl adjacent to an activating group) is 2. The fraction of sp³-hybridized carbons (Fsp3) is 0.368. The van der Waals surface area contributed by atoms with Crippen LogP contribution in [0.3, 0.4) is 0 Å². The summed E-state index contributed by atoms with van der Waals surface area (Å²) < 4.78 is 14.2. The molecule has 2 heterocycles. The number of carboxylic acid groups (broad SMARTS) is 1. The van der Waals surface area contributed by atoms with Crippen LogP contribution in [-0.2, 0) is 13.1 Å². The lowest BCUT2D eigenvalue weighted by Gasteiger charge is -2.27. The van der Waals surface area contributed by atoms with Crippen LogP contribution in [0.2, 0.25) is 0 Å². The van der Waals surface area contributed by atoms with Crippen LogP contribution in [0.5, 0.6) is 5.75 Å². The maximum absolute atomic E-state index is 13.0. The van der Waals surface area contributed by atoms with Gasteiger partial charge in [-0.2, -0.15) is 0 Å². The monoisotopic (exact) mass is 419 g/mol. The highest BCUT2D eigenvalue weighted by Gasteiger charge is 2.32. The second-order valence-electron chi connectivity index (χ2n) is 7.10. The lowest BCUT2D eigenvalue weighted by Crippen LogP contribution is -2.39. The molecule has 2 aromatic rings. The zero-order valence-electron chi connectivity index (χ0n) is 16.5. The summed E-state index contributed by atoms with van der Waals surface area (Å²) in [6, 6.07) is 4.65. The Hall–Kier alpha value is -3.47. The number of carbonyl (C=O) groups is 2. The Balaban J connectivity index is 1.96. The molecule has 0 spiro atoms. The van der Waals surface area contributed by atoms with E-state index in [1.54, 1.807) is 7.05 Å². The van der Waals surface area contributed by atoms with Crippen molar-refractivity contribution in [1.82, 2.24) is 24.7 Å². The Kier molecular flexibility index (Phi) is 6.01. The molecule has 160 valence electrons. The van der Waals surface area contributed by atoms with Crippen molar-refractivity contribution < 1.29 is 24.2 Å². The molecule has 0 saturated carbocycles. The molecular formula is C19H22FN5O5. The van der Waals surface area contributed by atoms with Crippen LogP contribution in [0.15, 0.2) is 29.1 Å². The minimum atomic E-state index is -1.22. The standard InChI is InChI=1S/C19H22FN5O5/c1-23-7-8-25-16(13(10-23)24(2)19(29)30)22-14(15(26)18(25)28)17(27)21-9-11-3-5-12(20)6-4-11/h3-6,13,26H,7-10H2,1-2H3,(H,21,27)(H,29,30). The van der Waals surface area contributed by atoms with Crippen LogP contribution in [0.1, 0.15) is 27.9 Å². The molecule has 1 aromatic heterocycles. The Bertz CT molecular complexity index is 1020. The Labute approximate surface area is 171 Å². The molecule has 0 saturated heterocycles. The van der Waals surface area contributed by atoms with E-state index in [4.69, 9.17) is 0 Å². The number of halogens is 1. The van der Waals surface area contributed by atoms with Crippen molar-refractivity contribution in [3.8, 4) is 5.75 Å². The Morgan fingerprint density at radius 2 is 1.97 bits per heavy atom. The number of fused-ring (bicyclic) bond motifs is 1. The van der Waals surface area contributed by atoms with E-state index in [1.807, 2.05) is 4.90 Å². The molecular weight excluding hydrogens is 397 g/mol. The molecule has 0 fully saturated rings. The minimum Gasteiger partial charge on any atom is -0.501 e. The quantitative estimate of drug-likeness (QED) is 0.663. The average Bonchev–Trinajstić information content (AvgIpc) is 2.88. The molecule has 1 aliphatic rings. The topological polar surface area (TPSA) is 128 Å². The van der Waals surface area contributed by atoms with Crippen molar-refractivity contribution in [2.75, 3.05) is 27.2 Å². The summed E-state index contributed by atoms with van der Waals surface area (Å²) >= 11 is 0. The van der Waals surface area contributed by atoms with Gasteiger partial charge in [0.15, 0.2) is 5.69 Å². The van der Waals surface area contributed by atoms with Gasteiger partial charge in [-0.25, -0.2) is 14.2 Å². The second kappa shape index (κ2) is 8.49. The van der Waals surface area contributed by atoms with Gasteiger partial charge in [-0.1, -0.05) is 12.1 Å². The van der Waals surface area contributed by atoms with E-state index in [-0.39, 0.29) is 25.5 Å². The van der Waals surface area contributed by atoms with Crippen molar-refractivity contribution in [2.24, 2.45) is 0 Å². The molecule has 3 rings (SSSR count). The number of aromatic nitrogens is 2. The van der Waals surface area contributed by atoms with Gasteiger partial charge in [0.05, 0.1) is 0 Å². The number of amides is 2. The first-order valence-corrected chi connectivity index (χ1v) is 9.19. The molecule has 0 bridgehead atoms. The number of nitrogens with one attached hydrogen (secondary N) is 1. The summed E-state index contributed by atoms with van der Waals surface area (Å²) in [5.74, 6) is -1.94. The SMILES string of the molecule is CN1CCn2c(nc(C(=O)NCc3ccc(F)cc3)c(O)c2=O)C(N(C)C(=O)O)C1. The first-order chi connectivity index (χ1) is 14.2. The molecule has 1 aliphatic heterocycles. The third kappa shape index (κ3) is 4.25. The fourth-order valence-electron chi connectivity index (χ4n) is 3.23. The number of hydrogen-bond acceptors (Lipinski definition) is 6. The smallest absolute Gasteiger partial charge is 0.407 e. The van der Waals surface area contributed by atoms with Crippen molar-refractivity contribution in [1.29, 1.82) is 0 Å². The van der Waals surface area contributed by atoms with Crippen molar-refractivity contribution in [2.45, 2.75) is 19.1 Å². The Morgan fingerprint density at radius 1 is 1.30 bits per heavy atom. The predicted molar refractivity (Wildman–Crippen MR) is 104 cm³/mol. The van der Waals surface area contributed by atoms with E-state index in [0.717, 1.165) is 4.90 Å². The molecule has 1 atom stereocenters. The summed E-state index contributed by atoms with van der Waals surface area (Å²) in [7, 11) is 3.12. The van der Waals surface area contributed by atoms with Crippen LogP contribution in [0, 0.1) is 5.82 Å². The highest BCUT2D eigenvalue weighted by atomic mass is 19.1. The van der Waals surface area contributed by atoms with E-state index in [1.165, 1.54) is 35.9 Å². The van der Waals surface area contributed by atoms with Gasteiger partial charge >= 0.3 is 6.09 Å². The van der Waals surface area contributed by atoms with Crippen molar-refractivity contribution in [3.05, 3.63) is 57.5 Å². The number of benzene rings is 1. The third-order valence-corrected chi connectivity index (χ3v) is 5.01. The maximum Gasteiger partial charge on any atom is 0.407 e. The fourth-order valence-corrected chi connectivity index (χ4v) is 3.23. The summed E-state index contributed by atoms with van der Waals surface area (Å²) in [5, 5.41) is 22.2. The van der Waals surface area contributed by atoms with Gasteiger partial charge in [-0.3, -0.25) is 19.1 Å². The summed E-state index contributed by atoms with van der Waals surface area (Å²) in [6.07, 6.45) is -1.22. The highest BCUT2D eigenvalue weighted by Crippen LogP contribution is 2.23. The minimum absolute atomic E-state index is 0.0276. The van der Waals surface area contributed by atoms with E-state index in [0.29, 0.717) is 12.1 Å². The van der Waals surface area contributed by atoms with Crippen LogP contribution >= 0.6 is 0 Å². The Morgan fingerprint density at radius 3 is 2.60 bits per heavy atom. The van der Waals surface area contributed by atoms with E-state index in [9.17, 15) is 29.0 Å². The summed E-state index contributed by atoms with van der Waals surface area (Å²) in [4.78, 5) is 43.9. The van der Waals surface area contributed by atoms with Gasteiger partial charge in [-0.05, 0) is 24.7 Å². The predicted octanol–water partition coefficient (Wildman–Crippen LogP) is 0.614. The molecule has 10 nitrogen and oxygen atoms in total. The largest absolute Gasteiger partial charge is 0.501 e. The molecule has 30 heavy (non-hydrogen) atoms. The average molecular weight is 419 g/mol. The number of hydrogen-bond donors (Lipinski definition) is 3. The normalized spacial score (nSPS) is 16.4. The molecule has 0 aliphatic carbocycles. The second-order valence-corrected chi connectivity index (χ2v) is 7.10. The number of aromatic hydroxyl groups is 1. The number of rotatable bonds is 4. The van der Waals surface area contributed by atoms with Gasteiger partial charge in [0.2, 0.25) is 5.75 Å². The van der Waals surface area contributed by atoms with E-state index >= 15 is 0 Å². The number of carbonyl (C=O) groups excluding carboxylic acids is 1. The molecule has 2 amide bonds. The van der Waals surface area contributed by atoms with Gasteiger partial charge in [0, 0.05) is 33.2 Å².